The number of aliphatic hydroxyl groups excluding tert-OH is 1. The van der Waals surface area contributed by atoms with Gasteiger partial charge in [-0.3, -0.25) is 0 Å². The summed E-state index contributed by atoms with van der Waals surface area (Å²) in [5.41, 5.74) is 1.27. The van der Waals surface area contributed by atoms with Crippen LogP contribution in [0.25, 0.3) is 6.08 Å². The lowest BCUT2D eigenvalue weighted by atomic mass is 9.95. The maximum Gasteiger partial charge on any atom is 0.337 e. The molecule has 4 nitrogen and oxygen atoms in total. The van der Waals surface area contributed by atoms with Crippen LogP contribution in [0.1, 0.15) is 12.5 Å². The van der Waals surface area contributed by atoms with Crippen molar-refractivity contribution in [1.82, 2.24) is 0 Å². The fraction of sp³-hybridized carbons (Fsp3) is 0.312. The summed E-state index contributed by atoms with van der Waals surface area (Å²) in [5, 5.41) is 10.1. The summed E-state index contributed by atoms with van der Waals surface area (Å²) in [7, 11) is 2.74. The molecule has 1 N–H and O–H groups in total. The third kappa shape index (κ3) is 4.55. The van der Waals surface area contributed by atoms with E-state index in [1.165, 1.54) is 20.5 Å². The molecule has 0 spiro atoms. The zero-order valence-electron chi connectivity index (χ0n) is 11.9. The van der Waals surface area contributed by atoms with Crippen LogP contribution < -0.4 is 0 Å². The minimum atomic E-state index is -0.810. The predicted octanol–water partition coefficient (Wildman–Crippen LogP) is 2.40. The summed E-state index contributed by atoms with van der Waals surface area (Å²) in [4.78, 5) is 11.6. The topological polar surface area (TPSA) is 55.8 Å². The van der Waals surface area contributed by atoms with Crippen molar-refractivity contribution in [2.75, 3.05) is 14.2 Å². The van der Waals surface area contributed by atoms with Crippen molar-refractivity contribution in [2.24, 2.45) is 5.92 Å². The van der Waals surface area contributed by atoms with E-state index in [4.69, 9.17) is 4.74 Å². The second-order valence-electron chi connectivity index (χ2n) is 4.35. The van der Waals surface area contributed by atoms with Crippen LogP contribution in [0, 0.1) is 5.92 Å². The number of carbonyl (C=O) groups is 1. The first-order valence-electron chi connectivity index (χ1n) is 6.32. The van der Waals surface area contributed by atoms with Crippen LogP contribution in [0.4, 0.5) is 0 Å². The molecule has 0 saturated heterocycles. The van der Waals surface area contributed by atoms with Crippen molar-refractivity contribution in [1.29, 1.82) is 0 Å². The molecule has 0 heterocycles. The molecule has 0 saturated carbocycles. The van der Waals surface area contributed by atoms with E-state index in [0.717, 1.165) is 5.56 Å². The van der Waals surface area contributed by atoms with E-state index >= 15 is 0 Å². The van der Waals surface area contributed by atoms with Crippen LogP contribution in [-0.4, -0.2) is 31.4 Å². The van der Waals surface area contributed by atoms with E-state index in [0.29, 0.717) is 5.57 Å². The van der Waals surface area contributed by atoms with E-state index in [1.54, 1.807) is 13.0 Å². The third-order valence-electron chi connectivity index (χ3n) is 2.95. The number of aliphatic hydroxyl groups is 1. The zero-order valence-corrected chi connectivity index (χ0v) is 11.9. The van der Waals surface area contributed by atoms with Crippen molar-refractivity contribution in [3.8, 4) is 0 Å². The summed E-state index contributed by atoms with van der Waals surface area (Å²) in [6.45, 7) is 1.74. The quantitative estimate of drug-likeness (QED) is 0.492. The van der Waals surface area contributed by atoms with Crippen molar-refractivity contribution in [3.05, 3.63) is 53.8 Å². The molecule has 0 fully saturated rings. The molecule has 2 atom stereocenters. The summed E-state index contributed by atoms with van der Waals surface area (Å²) in [6.07, 6.45) is 3.95. The first kappa shape index (κ1) is 16.0. The van der Waals surface area contributed by atoms with Gasteiger partial charge in [0.2, 0.25) is 0 Å². The maximum absolute atomic E-state index is 11.6. The van der Waals surface area contributed by atoms with Gasteiger partial charge >= 0.3 is 5.97 Å². The monoisotopic (exact) mass is 276 g/mol. The van der Waals surface area contributed by atoms with E-state index in [1.807, 2.05) is 36.4 Å². The Kier molecular flexibility index (Phi) is 6.53. The number of rotatable bonds is 6. The molecule has 1 rings (SSSR count). The molecule has 0 aliphatic carbocycles. The number of benzene rings is 1. The summed E-state index contributed by atoms with van der Waals surface area (Å²) < 4.78 is 9.54. The molecule has 0 unspecified atom stereocenters. The fourth-order valence-electron chi connectivity index (χ4n) is 1.71. The third-order valence-corrected chi connectivity index (χ3v) is 2.95. The standard InChI is InChI=1S/C16H20O4/c1-12(14(11-19-2)16(18)20-3)15(17)10-9-13-7-5-4-6-8-13/h4-12,15,17H,1-3H3/b10-9+,14-11-/t12-,15-/m0/s1. The van der Waals surface area contributed by atoms with Gasteiger partial charge in [0.1, 0.15) is 0 Å². The molecule has 108 valence electrons. The Bertz CT molecular complexity index is 477. The minimum Gasteiger partial charge on any atom is -0.504 e. The largest absolute Gasteiger partial charge is 0.504 e. The molecule has 0 amide bonds. The van der Waals surface area contributed by atoms with Gasteiger partial charge in [-0.05, 0) is 5.56 Å². The number of esters is 1. The fourth-order valence-corrected chi connectivity index (χ4v) is 1.71. The van der Waals surface area contributed by atoms with Crippen LogP contribution >= 0.6 is 0 Å². The van der Waals surface area contributed by atoms with Crippen molar-refractivity contribution in [3.63, 3.8) is 0 Å². The summed E-state index contributed by atoms with van der Waals surface area (Å²) in [6, 6.07) is 9.62. The van der Waals surface area contributed by atoms with Gasteiger partial charge in [0, 0.05) is 5.92 Å². The van der Waals surface area contributed by atoms with Gasteiger partial charge in [-0.2, -0.15) is 0 Å². The predicted molar refractivity (Wildman–Crippen MR) is 77.8 cm³/mol. The Morgan fingerprint density at radius 2 is 1.90 bits per heavy atom. The lowest BCUT2D eigenvalue weighted by Crippen LogP contribution is -2.22. The molecule has 0 radical (unpaired) electrons. The second kappa shape index (κ2) is 8.17. The van der Waals surface area contributed by atoms with Gasteiger partial charge in [-0.15, -0.1) is 0 Å². The minimum absolute atomic E-state index is 0.292. The number of methoxy groups -OCH3 is 2. The summed E-state index contributed by atoms with van der Waals surface area (Å²) in [5.74, 6) is -0.936. The summed E-state index contributed by atoms with van der Waals surface area (Å²) >= 11 is 0. The van der Waals surface area contributed by atoms with Gasteiger partial charge in [0.15, 0.2) is 0 Å². The number of carbonyl (C=O) groups excluding carboxylic acids is 1. The molecule has 0 aliphatic rings. The SMILES string of the molecule is CO/C=C(\C(=O)OC)[C@H](C)[C@@H](O)/C=C/c1ccccc1. The van der Waals surface area contributed by atoms with Gasteiger partial charge in [-0.25, -0.2) is 4.79 Å². The van der Waals surface area contributed by atoms with E-state index < -0.39 is 18.0 Å². The average molecular weight is 276 g/mol. The van der Waals surface area contributed by atoms with Crippen LogP contribution in [0.15, 0.2) is 48.2 Å². The Balaban J connectivity index is 2.79. The highest BCUT2D eigenvalue weighted by atomic mass is 16.5. The Labute approximate surface area is 119 Å². The van der Waals surface area contributed by atoms with Crippen LogP contribution in [-0.2, 0) is 14.3 Å². The van der Waals surface area contributed by atoms with Crippen molar-refractivity contribution >= 4 is 12.0 Å². The van der Waals surface area contributed by atoms with E-state index in [9.17, 15) is 9.90 Å². The van der Waals surface area contributed by atoms with Gasteiger partial charge in [0.05, 0.1) is 32.2 Å². The molecular weight excluding hydrogens is 256 g/mol. The van der Waals surface area contributed by atoms with E-state index in [-0.39, 0.29) is 0 Å². The highest BCUT2D eigenvalue weighted by Gasteiger charge is 2.23. The van der Waals surface area contributed by atoms with Gasteiger partial charge in [0.25, 0.3) is 0 Å². The first-order chi connectivity index (χ1) is 9.60. The molecule has 20 heavy (non-hydrogen) atoms. The average Bonchev–Trinajstić information content (AvgIpc) is 2.49. The van der Waals surface area contributed by atoms with Gasteiger partial charge in [-0.1, -0.05) is 49.4 Å². The maximum atomic E-state index is 11.6. The molecule has 1 aromatic rings. The molecule has 4 heteroatoms. The van der Waals surface area contributed by atoms with Gasteiger partial charge < -0.3 is 14.6 Å². The van der Waals surface area contributed by atoms with Crippen molar-refractivity contribution in [2.45, 2.75) is 13.0 Å². The molecule has 0 aliphatic heterocycles. The second-order valence-corrected chi connectivity index (χ2v) is 4.35. The normalized spacial score (nSPS) is 14.9. The number of hydrogen-bond donors (Lipinski definition) is 1. The highest BCUT2D eigenvalue weighted by Crippen LogP contribution is 2.18. The van der Waals surface area contributed by atoms with Crippen LogP contribution in [0.3, 0.4) is 0 Å². The molecule has 1 aromatic carbocycles. The Morgan fingerprint density at radius 3 is 2.45 bits per heavy atom. The number of ether oxygens (including phenoxy) is 2. The molecular formula is C16H20O4. The zero-order chi connectivity index (χ0) is 15.0. The van der Waals surface area contributed by atoms with E-state index in [2.05, 4.69) is 4.74 Å². The lowest BCUT2D eigenvalue weighted by Gasteiger charge is -2.17. The molecule has 0 bridgehead atoms. The lowest BCUT2D eigenvalue weighted by molar-refractivity contribution is -0.137. The highest BCUT2D eigenvalue weighted by molar-refractivity contribution is 5.88. The van der Waals surface area contributed by atoms with Crippen LogP contribution in [0.5, 0.6) is 0 Å². The molecule has 0 aromatic heterocycles. The Morgan fingerprint density at radius 1 is 1.25 bits per heavy atom. The number of hydrogen-bond acceptors (Lipinski definition) is 4. The van der Waals surface area contributed by atoms with Crippen LogP contribution in [0.2, 0.25) is 0 Å². The first-order valence-corrected chi connectivity index (χ1v) is 6.32. The van der Waals surface area contributed by atoms with Crippen molar-refractivity contribution < 1.29 is 19.4 Å². The Hall–Kier alpha value is -2.07. The smallest absolute Gasteiger partial charge is 0.337 e.